The molecule has 8 heteroatoms. The Morgan fingerprint density at radius 1 is 1.19 bits per heavy atom. The fourth-order valence-electron chi connectivity index (χ4n) is 3.58. The Labute approximate surface area is 188 Å². The van der Waals surface area contributed by atoms with Gasteiger partial charge in [0.25, 0.3) is 0 Å². The monoisotopic (exact) mass is 435 g/mol. The molecule has 0 bridgehead atoms. The topological polar surface area (TPSA) is 82.7 Å². The Kier molecular flexibility index (Phi) is 7.37. The molecule has 0 spiro atoms. The van der Waals surface area contributed by atoms with Gasteiger partial charge in [0.05, 0.1) is 25.1 Å². The second kappa shape index (κ2) is 10.8. The van der Waals surface area contributed by atoms with Gasteiger partial charge in [-0.3, -0.25) is 10.00 Å². The molecule has 2 aromatic carbocycles. The van der Waals surface area contributed by atoms with Crippen molar-refractivity contribution >= 4 is 11.7 Å². The van der Waals surface area contributed by atoms with Crippen LogP contribution in [0, 0.1) is 0 Å². The largest absolute Gasteiger partial charge is 0.490 e. The van der Waals surface area contributed by atoms with Crippen LogP contribution in [0.2, 0.25) is 0 Å². The number of urea groups is 1. The number of aromatic nitrogens is 2. The van der Waals surface area contributed by atoms with Crippen LogP contribution in [0.1, 0.15) is 5.56 Å². The van der Waals surface area contributed by atoms with Crippen LogP contribution in [-0.4, -0.2) is 72.5 Å². The predicted molar refractivity (Wildman–Crippen MR) is 124 cm³/mol. The van der Waals surface area contributed by atoms with Crippen molar-refractivity contribution in [2.24, 2.45) is 0 Å². The molecule has 2 N–H and O–H groups in total. The third kappa shape index (κ3) is 5.87. The Morgan fingerprint density at radius 3 is 2.75 bits per heavy atom. The molecule has 2 heterocycles. The number of H-pyrrole nitrogens is 1. The first-order valence-corrected chi connectivity index (χ1v) is 10.8. The standard InChI is InChI=1S/C24H29N5O3/c1-28(18-19-5-3-2-4-6-19)24(30)27-22-8-7-20(21-16-25-26-17-21)15-23(22)32-14-11-29-9-12-31-13-10-29/h2-8,15-17H,9-14,18H2,1H3,(H,25,26)(H,27,30). The van der Waals surface area contributed by atoms with Crippen LogP contribution in [0.5, 0.6) is 5.75 Å². The number of anilines is 1. The second-order valence-electron chi connectivity index (χ2n) is 7.77. The number of rotatable bonds is 8. The average Bonchev–Trinajstić information content (AvgIpc) is 3.36. The summed E-state index contributed by atoms with van der Waals surface area (Å²) in [4.78, 5) is 16.8. The molecule has 4 rings (SSSR count). The van der Waals surface area contributed by atoms with E-state index in [1.165, 1.54) is 0 Å². The third-order valence-electron chi connectivity index (χ3n) is 5.43. The van der Waals surface area contributed by atoms with Gasteiger partial charge in [-0.2, -0.15) is 5.10 Å². The lowest BCUT2D eigenvalue weighted by Gasteiger charge is -2.26. The maximum Gasteiger partial charge on any atom is 0.321 e. The van der Waals surface area contributed by atoms with Gasteiger partial charge in [0.1, 0.15) is 12.4 Å². The molecule has 0 atom stereocenters. The zero-order chi connectivity index (χ0) is 22.2. The molecule has 168 valence electrons. The van der Waals surface area contributed by atoms with E-state index < -0.39 is 0 Å². The highest BCUT2D eigenvalue weighted by atomic mass is 16.5. The summed E-state index contributed by atoms with van der Waals surface area (Å²) in [7, 11) is 1.78. The quantitative estimate of drug-likeness (QED) is 0.566. The van der Waals surface area contributed by atoms with Crippen molar-refractivity contribution in [3.8, 4) is 16.9 Å². The van der Waals surface area contributed by atoms with Gasteiger partial charge in [0.15, 0.2) is 0 Å². The van der Waals surface area contributed by atoms with Crippen molar-refractivity contribution in [2.45, 2.75) is 6.54 Å². The van der Waals surface area contributed by atoms with Crippen molar-refractivity contribution < 1.29 is 14.3 Å². The summed E-state index contributed by atoms with van der Waals surface area (Å²) in [5.74, 6) is 0.637. The summed E-state index contributed by atoms with van der Waals surface area (Å²) in [5, 5.41) is 9.85. The van der Waals surface area contributed by atoms with Gasteiger partial charge in [-0.05, 0) is 23.3 Å². The number of carbonyl (C=O) groups excluding carboxylic acids is 1. The summed E-state index contributed by atoms with van der Waals surface area (Å²) in [6.07, 6.45) is 3.59. The van der Waals surface area contributed by atoms with Crippen LogP contribution in [0.15, 0.2) is 60.9 Å². The number of amides is 2. The number of aromatic amines is 1. The van der Waals surface area contributed by atoms with Crippen LogP contribution in [0.25, 0.3) is 11.1 Å². The minimum Gasteiger partial charge on any atom is -0.490 e. The van der Waals surface area contributed by atoms with Gasteiger partial charge >= 0.3 is 6.03 Å². The summed E-state index contributed by atoms with van der Waals surface area (Å²) >= 11 is 0. The van der Waals surface area contributed by atoms with Gasteiger partial charge in [-0.25, -0.2) is 4.79 Å². The molecule has 0 radical (unpaired) electrons. The highest BCUT2D eigenvalue weighted by Crippen LogP contribution is 2.31. The van der Waals surface area contributed by atoms with E-state index in [4.69, 9.17) is 9.47 Å². The molecule has 0 aliphatic carbocycles. The van der Waals surface area contributed by atoms with E-state index in [0.717, 1.165) is 49.5 Å². The van der Waals surface area contributed by atoms with Crippen LogP contribution in [0.4, 0.5) is 10.5 Å². The van der Waals surface area contributed by atoms with Crippen LogP contribution < -0.4 is 10.1 Å². The summed E-state index contributed by atoms with van der Waals surface area (Å²) < 4.78 is 11.5. The normalized spacial score (nSPS) is 14.2. The molecule has 3 aromatic rings. The van der Waals surface area contributed by atoms with Crippen LogP contribution in [0.3, 0.4) is 0 Å². The fraction of sp³-hybridized carbons (Fsp3) is 0.333. The van der Waals surface area contributed by atoms with Gasteiger partial charge in [-0.1, -0.05) is 36.4 Å². The number of hydrogen-bond donors (Lipinski definition) is 2. The second-order valence-corrected chi connectivity index (χ2v) is 7.77. The highest BCUT2D eigenvalue weighted by molar-refractivity contribution is 5.91. The molecule has 0 saturated carbocycles. The Balaban J connectivity index is 1.44. The molecule has 2 amide bonds. The van der Waals surface area contributed by atoms with Crippen LogP contribution in [-0.2, 0) is 11.3 Å². The van der Waals surface area contributed by atoms with Gasteiger partial charge in [-0.15, -0.1) is 0 Å². The first-order chi connectivity index (χ1) is 15.7. The summed E-state index contributed by atoms with van der Waals surface area (Å²) in [6, 6.07) is 15.5. The van der Waals surface area contributed by atoms with Crippen molar-refractivity contribution in [3.63, 3.8) is 0 Å². The Hall–Kier alpha value is -3.36. The van der Waals surface area contributed by atoms with Crippen LogP contribution >= 0.6 is 0 Å². The lowest BCUT2D eigenvalue weighted by atomic mass is 10.1. The van der Waals surface area contributed by atoms with Crippen molar-refractivity contribution in [2.75, 3.05) is 51.8 Å². The minimum atomic E-state index is -0.192. The first kappa shape index (κ1) is 21.9. The number of carbonyl (C=O) groups is 1. The third-order valence-corrected chi connectivity index (χ3v) is 5.43. The Bertz CT molecular complexity index is 988. The van der Waals surface area contributed by atoms with Crippen molar-refractivity contribution in [1.29, 1.82) is 0 Å². The van der Waals surface area contributed by atoms with Gasteiger partial charge in [0, 0.05) is 45.0 Å². The highest BCUT2D eigenvalue weighted by Gasteiger charge is 2.15. The number of benzene rings is 2. The number of hydrogen-bond acceptors (Lipinski definition) is 5. The molecule has 1 aromatic heterocycles. The van der Waals surface area contributed by atoms with Gasteiger partial charge in [0.2, 0.25) is 0 Å². The number of nitrogens with one attached hydrogen (secondary N) is 2. The summed E-state index contributed by atoms with van der Waals surface area (Å²) in [5.41, 5.74) is 3.64. The van der Waals surface area contributed by atoms with E-state index in [-0.39, 0.29) is 6.03 Å². The van der Waals surface area contributed by atoms with E-state index in [2.05, 4.69) is 20.4 Å². The number of ether oxygens (including phenoxy) is 2. The lowest BCUT2D eigenvalue weighted by molar-refractivity contribution is 0.0323. The SMILES string of the molecule is CN(Cc1ccccc1)C(=O)Nc1ccc(-c2cn[nH]c2)cc1OCCN1CCOCC1. The minimum absolute atomic E-state index is 0.192. The number of morpholine rings is 1. The molecule has 8 nitrogen and oxygen atoms in total. The number of nitrogens with zero attached hydrogens (tertiary/aromatic N) is 3. The maximum absolute atomic E-state index is 12.8. The molecule has 1 fully saturated rings. The van der Waals surface area contributed by atoms with E-state index in [1.54, 1.807) is 18.1 Å². The molecular weight excluding hydrogens is 406 g/mol. The van der Waals surface area contributed by atoms with Crippen molar-refractivity contribution in [3.05, 3.63) is 66.5 Å². The lowest BCUT2D eigenvalue weighted by Crippen LogP contribution is -2.38. The molecular formula is C24H29N5O3. The Morgan fingerprint density at radius 2 is 2.00 bits per heavy atom. The van der Waals surface area contributed by atoms with E-state index in [0.29, 0.717) is 24.6 Å². The molecule has 0 unspecified atom stereocenters. The zero-order valence-electron chi connectivity index (χ0n) is 18.3. The molecule has 32 heavy (non-hydrogen) atoms. The maximum atomic E-state index is 12.8. The predicted octanol–water partition coefficient (Wildman–Crippen LogP) is 3.45. The average molecular weight is 436 g/mol. The van der Waals surface area contributed by atoms with Gasteiger partial charge < -0.3 is 19.7 Å². The van der Waals surface area contributed by atoms with E-state index in [1.807, 2.05) is 54.7 Å². The first-order valence-electron chi connectivity index (χ1n) is 10.8. The molecule has 1 saturated heterocycles. The van der Waals surface area contributed by atoms with E-state index in [9.17, 15) is 4.79 Å². The molecule has 1 aliphatic rings. The zero-order valence-corrected chi connectivity index (χ0v) is 18.3. The molecule has 1 aliphatic heterocycles. The fourth-order valence-corrected chi connectivity index (χ4v) is 3.58. The van der Waals surface area contributed by atoms with E-state index >= 15 is 0 Å². The smallest absolute Gasteiger partial charge is 0.321 e. The summed E-state index contributed by atoms with van der Waals surface area (Å²) in [6.45, 7) is 5.18. The van der Waals surface area contributed by atoms with Crippen molar-refractivity contribution in [1.82, 2.24) is 20.0 Å².